The molecule has 1 spiro atoms. The SMILES string of the molecule is CCN1CCCC2(CCC2=O)C1. The van der Waals surface area contributed by atoms with Crippen LogP contribution in [0, 0.1) is 5.41 Å². The van der Waals surface area contributed by atoms with Crippen LogP contribution < -0.4 is 0 Å². The minimum absolute atomic E-state index is 0.119. The minimum atomic E-state index is 0.119. The van der Waals surface area contributed by atoms with Gasteiger partial charge in [-0.25, -0.2) is 0 Å². The maximum atomic E-state index is 11.4. The molecule has 0 aromatic carbocycles. The Morgan fingerprint density at radius 1 is 1.50 bits per heavy atom. The van der Waals surface area contributed by atoms with Crippen molar-refractivity contribution >= 4 is 5.78 Å². The lowest BCUT2D eigenvalue weighted by molar-refractivity contribution is -0.142. The molecule has 2 fully saturated rings. The van der Waals surface area contributed by atoms with Gasteiger partial charge in [-0.15, -0.1) is 0 Å². The average molecular weight is 167 g/mol. The third kappa shape index (κ3) is 1.09. The first-order valence-corrected chi connectivity index (χ1v) is 5.02. The molecule has 1 saturated heterocycles. The molecule has 0 N–H and O–H groups in total. The van der Waals surface area contributed by atoms with Crippen LogP contribution in [0.15, 0.2) is 0 Å². The van der Waals surface area contributed by atoms with E-state index in [1.54, 1.807) is 0 Å². The summed E-state index contributed by atoms with van der Waals surface area (Å²) in [5.41, 5.74) is 0.119. The van der Waals surface area contributed by atoms with E-state index in [9.17, 15) is 4.79 Å². The Balaban J connectivity index is 2.02. The number of ketones is 1. The molecule has 1 unspecified atom stereocenters. The summed E-state index contributed by atoms with van der Waals surface area (Å²) in [6, 6.07) is 0. The van der Waals surface area contributed by atoms with E-state index in [1.807, 2.05) is 0 Å². The van der Waals surface area contributed by atoms with Crippen LogP contribution in [0.4, 0.5) is 0 Å². The summed E-state index contributed by atoms with van der Waals surface area (Å²) in [7, 11) is 0. The highest BCUT2D eigenvalue weighted by molar-refractivity contribution is 5.90. The van der Waals surface area contributed by atoms with Crippen LogP contribution >= 0.6 is 0 Å². The maximum Gasteiger partial charge on any atom is 0.140 e. The lowest BCUT2D eigenvalue weighted by Gasteiger charge is -2.47. The molecule has 2 heteroatoms. The molecule has 1 heterocycles. The molecule has 1 aliphatic heterocycles. The number of carbonyl (C=O) groups excluding carboxylic acids is 1. The van der Waals surface area contributed by atoms with Gasteiger partial charge in [0.1, 0.15) is 5.78 Å². The largest absolute Gasteiger partial charge is 0.303 e. The van der Waals surface area contributed by atoms with Gasteiger partial charge in [-0.05, 0) is 32.4 Å². The van der Waals surface area contributed by atoms with Gasteiger partial charge in [0.25, 0.3) is 0 Å². The van der Waals surface area contributed by atoms with E-state index in [1.165, 1.54) is 13.0 Å². The van der Waals surface area contributed by atoms with Gasteiger partial charge in [0.05, 0.1) is 0 Å². The first kappa shape index (κ1) is 8.24. The van der Waals surface area contributed by atoms with Gasteiger partial charge in [0.15, 0.2) is 0 Å². The van der Waals surface area contributed by atoms with Crippen molar-refractivity contribution in [3.8, 4) is 0 Å². The normalized spacial score (nSPS) is 36.9. The summed E-state index contributed by atoms with van der Waals surface area (Å²) in [6.07, 6.45) is 4.38. The molecule has 1 aliphatic carbocycles. The zero-order valence-corrected chi connectivity index (χ0v) is 7.81. The molecule has 0 bridgehead atoms. The Bertz CT molecular complexity index is 202. The van der Waals surface area contributed by atoms with E-state index in [4.69, 9.17) is 0 Å². The van der Waals surface area contributed by atoms with Crippen molar-refractivity contribution in [2.24, 2.45) is 5.41 Å². The van der Waals surface area contributed by atoms with Gasteiger partial charge < -0.3 is 4.90 Å². The third-order valence-electron chi connectivity index (χ3n) is 3.53. The molecule has 0 radical (unpaired) electrons. The minimum Gasteiger partial charge on any atom is -0.303 e. The number of hydrogen-bond donors (Lipinski definition) is 0. The second-order valence-corrected chi connectivity index (χ2v) is 4.18. The van der Waals surface area contributed by atoms with Crippen LogP contribution in [-0.2, 0) is 4.79 Å². The zero-order valence-electron chi connectivity index (χ0n) is 7.81. The molecular weight excluding hydrogens is 150 g/mol. The van der Waals surface area contributed by atoms with Crippen LogP contribution in [0.3, 0.4) is 0 Å². The Kier molecular flexibility index (Phi) is 1.95. The summed E-state index contributed by atoms with van der Waals surface area (Å²) in [5, 5.41) is 0. The molecule has 2 aliphatic rings. The topological polar surface area (TPSA) is 20.3 Å². The molecule has 0 amide bonds. The van der Waals surface area contributed by atoms with E-state index < -0.39 is 0 Å². The van der Waals surface area contributed by atoms with Crippen LogP contribution in [0.25, 0.3) is 0 Å². The van der Waals surface area contributed by atoms with E-state index >= 15 is 0 Å². The van der Waals surface area contributed by atoms with Crippen LogP contribution in [0.5, 0.6) is 0 Å². The fourth-order valence-electron chi connectivity index (χ4n) is 2.51. The highest BCUT2D eigenvalue weighted by Crippen LogP contribution is 2.44. The number of Topliss-reactive ketones (excluding diaryl/α,β-unsaturated/α-hetero) is 1. The summed E-state index contributed by atoms with van der Waals surface area (Å²) >= 11 is 0. The first-order valence-electron chi connectivity index (χ1n) is 5.02. The van der Waals surface area contributed by atoms with Gasteiger partial charge in [0, 0.05) is 18.4 Å². The van der Waals surface area contributed by atoms with E-state index in [0.29, 0.717) is 5.78 Å². The van der Waals surface area contributed by atoms with Gasteiger partial charge in [0.2, 0.25) is 0 Å². The van der Waals surface area contributed by atoms with Gasteiger partial charge in [-0.2, -0.15) is 0 Å². The fraction of sp³-hybridized carbons (Fsp3) is 0.900. The second-order valence-electron chi connectivity index (χ2n) is 4.18. The van der Waals surface area contributed by atoms with Gasteiger partial charge >= 0.3 is 0 Å². The zero-order chi connectivity index (χ0) is 8.60. The number of piperidine rings is 1. The van der Waals surface area contributed by atoms with Gasteiger partial charge in [-0.1, -0.05) is 6.92 Å². The predicted octanol–water partition coefficient (Wildman–Crippen LogP) is 1.45. The smallest absolute Gasteiger partial charge is 0.140 e. The first-order chi connectivity index (χ1) is 5.77. The third-order valence-corrected chi connectivity index (χ3v) is 3.53. The van der Waals surface area contributed by atoms with Crippen molar-refractivity contribution in [1.82, 2.24) is 4.90 Å². The molecular formula is C10H17NO. The molecule has 12 heavy (non-hydrogen) atoms. The van der Waals surface area contributed by atoms with Crippen LogP contribution in [-0.4, -0.2) is 30.3 Å². The highest BCUT2D eigenvalue weighted by Gasteiger charge is 2.47. The average Bonchev–Trinajstić information content (AvgIpc) is 2.15. The Labute approximate surface area is 73.9 Å². The lowest BCUT2D eigenvalue weighted by Crippen LogP contribution is -2.52. The predicted molar refractivity (Wildman–Crippen MR) is 48.0 cm³/mol. The standard InChI is InChI=1S/C10H17NO/c1-2-11-7-3-5-10(8-11)6-4-9(10)12/h2-8H2,1H3. The van der Waals surface area contributed by atoms with Crippen molar-refractivity contribution in [2.75, 3.05) is 19.6 Å². The van der Waals surface area contributed by atoms with Crippen molar-refractivity contribution in [1.29, 1.82) is 0 Å². The quantitative estimate of drug-likeness (QED) is 0.589. The molecule has 0 aromatic rings. The van der Waals surface area contributed by atoms with E-state index in [0.717, 1.165) is 32.4 Å². The number of likely N-dealkylation sites (tertiary alicyclic amines) is 1. The summed E-state index contributed by atoms with van der Waals surface area (Å²) in [4.78, 5) is 13.9. The van der Waals surface area contributed by atoms with Crippen LogP contribution in [0.2, 0.25) is 0 Å². The monoisotopic (exact) mass is 167 g/mol. The van der Waals surface area contributed by atoms with Crippen LogP contribution in [0.1, 0.15) is 32.6 Å². The van der Waals surface area contributed by atoms with Crippen molar-refractivity contribution < 1.29 is 4.79 Å². The molecule has 2 nitrogen and oxygen atoms in total. The lowest BCUT2D eigenvalue weighted by atomic mass is 9.63. The maximum absolute atomic E-state index is 11.4. The van der Waals surface area contributed by atoms with Crippen molar-refractivity contribution in [3.05, 3.63) is 0 Å². The van der Waals surface area contributed by atoms with Crippen molar-refractivity contribution in [2.45, 2.75) is 32.6 Å². The molecule has 68 valence electrons. The summed E-state index contributed by atoms with van der Waals surface area (Å²) in [5.74, 6) is 0.528. The number of hydrogen-bond acceptors (Lipinski definition) is 2. The summed E-state index contributed by atoms with van der Waals surface area (Å²) in [6.45, 7) is 5.53. The molecule has 0 aromatic heterocycles. The molecule has 2 rings (SSSR count). The fourth-order valence-corrected chi connectivity index (χ4v) is 2.51. The number of nitrogens with zero attached hydrogens (tertiary/aromatic N) is 1. The van der Waals surface area contributed by atoms with E-state index in [-0.39, 0.29) is 5.41 Å². The second kappa shape index (κ2) is 2.84. The number of carbonyl (C=O) groups is 1. The molecule has 1 atom stereocenters. The van der Waals surface area contributed by atoms with E-state index in [2.05, 4.69) is 11.8 Å². The Morgan fingerprint density at radius 3 is 2.83 bits per heavy atom. The van der Waals surface area contributed by atoms with Gasteiger partial charge in [-0.3, -0.25) is 4.79 Å². The molecule has 1 saturated carbocycles. The summed E-state index contributed by atoms with van der Waals surface area (Å²) < 4.78 is 0. The number of rotatable bonds is 1. The Hall–Kier alpha value is -0.370. The highest BCUT2D eigenvalue weighted by atomic mass is 16.1. The van der Waals surface area contributed by atoms with Crippen molar-refractivity contribution in [3.63, 3.8) is 0 Å². The Morgan fingerprint density at radius 2 is 2.33 bits per heavy atom.